The Morgan fingerprint density at radius 1 is 1.47 bits per heavy atom. The molecule has 0 spiro atoms. The van der Waals surface area contributed by atoms with Gasteiger partial charge in [-0.15, -0.1) is 0 Å². The summed E-state index contributed by atoms with van der Waals surface area (Å²) >= 11 is 0. The number of benzene rings is 1. The first-order valence-electron chi connectivity index (χ1n) is 6.69. The third kappa shape index (κ3) is 3.07. The molecule has 1 unspecified atom stereocenters. The molecule has 0 aliphatic carbocycles. The first kappa shape index (κ1) is 14.3. The number of aliphatic hydroxyl groups excluding tert-OH is 1. The average molecular weight is 267 g/mol. The lowest BCUT2D eigenvalue weighted by Crippen LogP contribution is -2.52. The number of ether oxygens (including phenoxy) is 1. The Morgan fingerprint density at radius 2 is 2.16 bits per heavy atom. The highest BCUT2D eigenvalue weighted by Crippen LogP contribution is 2.32. The highest BCUT2D eigenvalue weighted by Gasteiger charge is 2.33. The van der Waals surface area contributed by atoms with Crippen LogP contribution in [0.5, 0.6) is 0 Å². The molecule has 1 saturated heterocycles. The van der Waals surface area contributed by atoms with Gasteiger partial charge in [-0.1, -0.05) is 6.07 Å². The third-order valence-corrected chi connectivity index (χ3v) is 3.36. The fourth-order valence-electron chi connectivity index (χ4n) is 2.85. The van der Waals surface area contributed by atoms with Gasteiger partial charge in [0.05, 0.1) is 17.8 Å². The van der Waals surface area contributed by atoms with E-state index in [1.807, 2.05) is 26.8 Å². The number of aliphatic hydroxyl groups is 1. The number of hydrogen-bond donors (Lipinski definition) is 1. The van der Waals surface area contributed by atoms with Crippen LogP contribution in [0, 0.1) is 5.82 Å². The average Bonchev–Trinajstić information content (AvgIpc) is 2.25. The van der Waals surface area contributed by atoms with Crippen molar-refractivity contribution < 1.29 is 14.2 Å². The largest absolute Gasteiger partial charge is 0.389 e. The summed E-state index contributed by atoms with van der Waals surface area (Å²) < 4.78 is 19.8. The van der Waals surface area contributed by atoms with E-state index < -0.39 is 6.10 Å². The molecule has 1 N–H and O–H groups in total. The monoisotopic (exact) mass is 267 g/mol. The van der Waals surface area contributed by atoms with Crippen molar-refractivity contribution in [2.24, 2.45) is 0 Å². The van der Waals surface area contributed by atoms with Gasteiger partial charge in [-0.3, -0.25) is 0 Å². The van der Waals surface area contributed by atoms with Gasteiger partial charge < -0.3 is 14.7 Å². The summed E-state index contributed by atoms with van der Waals surface area (Å²) in [5.41, 5.74) is 0.852. The van der Waals surface area contributed by atoms with Crippen molar-refractivity contribution in [3.8, 4) is 0 Å². The van der Waals surface area contributed by atoms with E-state index in [9.17, 15) is 9.50 Å². The Balaban J connectivity index is 2.39. The first-order chi connectivity index (χ1) is 8.80. The zero-order valence-corrected chi connectivity index (χ0v) is 12.0. The van der Waals surface area contributed by atoms with Crippen LogP contribution >= 0.6 is 0 Å². The highest BCUT2D eigenvalue weighted by molar-refractivity contribution is 5.56. The summed E-state index contributed by atoms with van der Waals surface area (Å²) in [6.45, 7) is 9.04. The number of halogens is 1. The molecule has 19 heavy (non-hydrogen) atoms. The molecule has 1 heterocycles. The van der Waals surface area contributed by atoms with Gasteiger partial charge in [0.15, 0.2) is 0 Å². The van der Waals surface area contributed by atoms with Crippen molar-refractivity contribution in [2.45, 2.75) is 45.5 Å². The second-order valence-electron chi connectivity index (χ2n) is 5.92. The fourth-order valence-corrected chi connectivity index (χ4v) is 2.85. The lowest BCUT2D eigenvalue weighted by atomic mass is 10.0. The molecule has 1 aliphatic heterocycles. The Bertz CT molecular complexity index is 459. The minimum absolute atomic E-state index is 0.0777. The predicted octanol–water partition coefficient (Wildman–Crippen LogP) is 2.88. The van der Waals surface area contributed by atoms with Gasteiger partial charge in [-0.2, -0.15) is 0 Å². The normalized spacial score (nSPS) is 24.3. The Kier molecular flexibility index (Phi) is 3.83. The van der Waals surface area contributed by atoms with Crippen molar-refractivity contribution in [1.29, 1.82) is 0 Å². The summed E-state index contributed by atoms with van der Waals surface area (Å²) in [7, 11) is 0. The SMILES string of the molecule is CC1CN(c2cccc(F)c2[C@@H](C)O)CC(C)(C)O1. The van der Waals surface area contributed by atoms with Gasteiger partial charge in [-0.25, -0.2) is 4.39 Å². The van der Waals surface area contributed by atoms with E-state index in [0.29, 0.717) is 18.7 Å². The van der Waals surface area contributed by atoms with E-state index in [-0.39, 0.29) is 17.5 Å². The van der Waals surface area contributed by atoms with E-state index >= 15 is 0 Å². The minimum atomic E-state index is -0.822. The van der Waals surface area contributed by atoms with Crippen molar-refractivity contribution in [3.05, 3.63) is 29.6 Å². The van der Waals surface area contributed by atoms with Crippen LogP contribution in [0.2, 0.25) is 0 Å². The molecule has 1 aromatic carbocycles. The lowest BCUT2D eigenvalue weighted by Gasteiger charge is -2.43. The summed E-state index contributed by atoms with van der Waals surface area (Å²) in [6.07, 6.45) is -0.744. The van der Waals surface area contributed by atoms with Gasteiger partial charge in [0.1, 0.15) is 5.82 Å². The number of hydrogen-bond acceptors (Lipinski definition) is 3. The minimum Gasteiger partial charge on any atom is -0.389 e. The molecule has 1 aromatic rings. The standard InChI is InChI=1S/C15H22FNO2/c1-10-8-17(9-15(3,4)19-10)13-7-5-6-12(16)14(13)11(2)18/h5-7,10-11,18H,8-9H2,1-4H3/t10?,11-/m1/s1. The summed E-state index contributed by atoms with van der Waals surface area (Å²) in [6, 6.07) is 4.93. The molecule has 1 aliphatic rings. The molecule has 0 saturated carbocycles. The van der Waals surface area contributed by atoms with Gasteiger partial charge in [0.2, 0.25) is 0 Å². The summed E-state index contributed by atoms with van der Waals surface area (Å²) in [4.78, 5) is 2.10. The van der Waals surface area contributed by atoms with Crippen molar-refractivity contribution >= 4 is 5.69 Å². The van der Waals surface area contributed by atoms with Crippen LogP contribution in [0.3, 0.4) is 0 Å². The number of rotatable bonds is 2. The second-order valence-corrected chi connectivity index (χ2v) is 5.92. The molecule has 2 atom stereocenters. The molecule has 0 bridgehead atoms. The van der Waals surface area contributed by atoms with E-state index in [1.165, 1.54) is 6.07 Å². The van der Waals surface area contributed by atoms with Crippen LogP contribution in [-0.4, -0.2) is 29.9 Å². The maximum atomic E-state index is 13.9. The van der Waals surface area contributed by atoms with Crippen LogP contribution in [-0.2, 0) is 4.74 Å². The first-order valence-corrected chi connectivity index (χ1v) is 6.69. The highest BCUT2D eigenvalue weighted by atomic mass is 19.1. The predicted molar refractivity (Wildman–Crippen MR) is 73.9 cm³/mol. The Labute approximate surface area is 114 Å². The Hall–Kier alpha value is -1.13. The van der Waals surface area contributed by atoms with Crippen molar-refractivity contribution in [3.63, 3.8) is 0 Å². The zero-order chi connectivity index (χ0) is 14.2. The van der Waals surface area contributed by atoms with Gasteiger partial charge in [0, 0.05) is 24.3 Å². The van der Waals surface area contributed by atoms with Gasteiger partial charge in [0.25, 0.3) is 0 Å². The quantitative estimate of drug-likeness (QED) is 0.894. The number of morpholine rings is 1. The molecule has 4 heteroatoms. The molecule has 3 nitrogen and oxygen atoms in total. The molecular weight excluding hydrogens is 245 g/mol. The molecule has 0 amide bonds. The van der Waals surface area contributed by atoms with Crippen molar-refractivity contribution in [2.75, 3.05) is 18.0 Å². The molecule has 0 aromatic heterocycles. The third-order valence-electron chi connectivity index (χ3n) is 3.36. The van der Waals surface area contributed by atoms with Crippen LogP contribution in [0.15, 0.2) is 18.2 Å². The summed E-state index contributed by atoms with van der Waals surface area (Å²) in [5, 5.41) is 9.81. The van der Waals surface area contributed by atoms with Crippen LogP contribution < -0.4 is 4.90 Å². The number of nitrogens with zero attached hydrogens (tertiary/aromatic N) is 1. The smallest absolute Gasteiger partial charge is 0.131 e. The maximum Gasteiger partial charge on any atom is 0.131 e. The van der Waals surface area contributed by atoms with E-state index in [0.717, 1.165) is 5.69 Å². The number of anilines is 1. The van der Waals surface area contributed by atoms with Gasteiger partial charge >= 0.3 is 0 Å². The van der Waals surface area contributed by atoms with Gasteiger partial charge in [-0.05, 0) is 39.8 Å². The fraction of sp³-hybridized carbons (Fsp3) is 0.600. The zero-order valence-electron chi connectivity index (χ0n) is 12.0. The lowest BCUT2D eigenvalue weighted by molar-refractivity contribution is -0.0751. The van der Waals surface area contributed by atoms with E-state index in [4.69, 9.17) is 4.74 Å². The topological polar surface area (TPSA) is 32.7 Å². The molecule has 0 radical (unpaired) electrons. The molecule has 2 rings (SSSR count). The van der Waals surface area contributed by atoms with Crippen molar-refractivity contribution in [1.82, 2.24) is 0 Å². The van der Waals surface area contributed by atoms with E-state index in [1.54, 1.807) is 13.0 Å². The second kappa shape index (κ2) is 5.10. The van der Waals surface area contributed by atoms with E-state index in [2.05, 4.69) is 4.90 Å². The van der Waals surface area contributed by atoms with Crippen LogP contribution in [0.1, 0.15) is 39.4 Å². The molecular formula is C15H22FNO2. The molecule has 106 valence electrons. The van der Waals surface area contributed by atoms with Crippen LogP contribution in [0.25, 0.3) is 0 Å². The maximum absolute atomic E-state index is 13.9. The summed E-state index contributed by atoms with van der Waals surface area (Å²) in [5.74, 6) is -0.357. The molecule has 1 fully saturated rings. The van der Waals surface area contributed by atoms with Crippen LogP contribution in [0.4, 0.5) is 10.1 Å². The Morgan fingerprint density at radius 3 is 2.74 bits per heavy atom.